The van der Waals surface area contributed by atoms with Gasteiger partial charge in [0.25, 0.3) is 0 Å². The number of halogens is 2. The van der Waals surface area contributed by atoms with Crippen molar-refractivity contribution in [2.75, 3.05) is 14.1 Å². The molecule has 0 bridgehead atoms. The summed E-state index contributed by atoms with van der Waals surface area (Å²) < 4.78 is 1.06. The van der Waals surface area contributed by atoms with E-state index in [0.29, 0.717) is 0 Å². The first-order valence-corrected chi connectivity index (χ1v) is 4.90. The molecule has 1 aromatic rings. The van der Waals surface area contributed by atoms with Gasteiger partial charge in [0.1, 0.15) is 5.50 Å². The summed E-state index contributed by atoms with van der Waals surface area (Å²) >= 11 is 9.52. The number of alkyl halides is 1. The quantitative estimate of drug-likeness (QED) is 0.574. The van der Waals surface area contributed by atoms with Crippen molar-refractivity contribution in [2.24, 2.45) is 0 Å². The van der Waals surface area contributed by atoms with Crippen molar-refractivity contribution in [1.29, 1.82) is 0 Å². The van der Waals surface area contributed by atoms with Crippen molar-refractivity contribution in [2.45, 2.75) is 5.50 Å². The van der Waals surface area contributed by atoms with Gasteiger partial charge in [-0.05, 0) is 31.8 Å². The van der Waals surface area contributed by atoms with E-state index in [1.807, 2.05) is 43.3 Å². The van der Waals surface area contributed by atoms with Crippen LogP contribution in [0.4, 0.5) is 0 Å². The van der Waals surface area contributed by atoms with Crippen molar-refractivity contribution in [3.8, 4) is 0 Å². The Balaban J connectivity index is 2.88. The van der Waals surface area contributed by atoms with Gasteiger partial charge in [0.15, 0.2) is 0 Å². The Kier molecular flexibility index (Phi) is 3.56. The van der Waals surface area contributed by atoms with Gasteiger partial charge in [-0.3, -0.25) is 4.90 Å². The fourth-order valence-electron chi connectivity index (χ4n) is 0.953. The zero-order valence-electron chi connectivity index (χ0n) is 7.09. The predicted molar refractivity (Wildman–Crippen MR) is 56.4 cm³/mol. The fourth-order valence-corrected chi connectivity index (χ4v) is 1.51. The van der Waals surface area contributed by atoms with Gasteiger partial charge in [-0.15, -0.1) is 11.6 Å². The first-order chi connectivity index (χ1) is 5.61. The Bertz CT molecular complexity index is 262. The van der Waals surface area contributed by atoms with Gasteiger partial charge in [0.2, 0.25) is 0 Å². The van der Waals surface area contributed by atoms with Gasteiger partial charge in [0, 0.05) is 4.47 Å². The molecule has 3 heteroatoms. The van der Waals surface area contributed by atoms with Crippen LogP contribution in [0.25, 0.3) is 0 Å². The second kappa shape index (κ2) is 4.26. The molecule has 0 aromatic heterocycles. The Hall–Kier alpha value is -0.0500. The second-order valence-corrected chi connectivity index (χ2v) is 4.18. The molecule has 0 radical (unpaired) electrons. The third-order valence-corrected chi connectivity index (χ3v) is 2.71. The molecule has 0 aliphatic rings. The van der Waals surface area contributed by atoms with E-state index in [0.717, 1.165) is 10.0 Å². The highest BCUT2D eigenvalue weighted by Gasteiger charge is 2.09. The van der Waals surface area contributed by atoms with Gasteiger partial charge in [-0.1, -0.05) is 28.1 Å². The standard InChI is InChI=1S/C9H11BrClN/c1-12(2)9(11)7-4-3-5-8(10)6-7/h3-6,9H,1-2H3. The summed E-state index contributed by atoms with van der Waals surface area (Å²) in [5, 5.41) is 0. The molecule has 0 spiro atoms. The monoisotopic (exact) mass is 247 g/mol. The van der Waals surface area contributed by atoms with Gasteiger partial charge in [-0.2, -0.15) is 0 Å². The molecule has 66 valence electrons. The Morgan fingerprint density at radius 2 is 2.08 bits per heavy atom. The van der Waals surface area contributed by atoms with Crippen LogP contribution in [-0.2, 0) is 0 Å². The molecule has 1 rings (SSSR count). The van der Waals surface area contributed by atoms with Crippen LogP contribution in [0.1, 0.15) is 11.1 Å². The molecule has 0 aliphatic carbocycles. The molecule has 1 unspecified atom stereocenters. The first kappa shape index (κ1) is 10.0. The van der Waals surface area contributed by atoms with Crippen LogP contribution in [0.5, 0.6) is 0 Å². The lowest BCUT2D eigenvalue weighted by molar-refractivity contribution is 0.384. The molecule has 0 aliphatic heterocycles. The largest absolute Gasteiger partial charge is 0.290 e. The number of benzene rings is 1. The summed E-state index contributed by atoms with van der Waals surface area (Å²) in [5.74, 6) is 0. The van der Waals surface area contributed by atoms with E-state index in [-0.39, 0.29) is 5.50 Å². The molecule has 12 heavy (non-hydrogen) atoms. The molecule has 0 heterocycles. The van der Waals surface area contributed by atoms with Crippen LogP contribution in [0.2, 0.25) is 0 Å². The van der Waals surface area contributed by atoms with E-state index in [9.17, 15) is 0 Å². The average molecular weight is 249 g/mol. The van der Waals surface area contributed by atoms with E-state index in [2.05, 4.69) is 15.9 Å². The average Bonchev–Trinajstić information content (AvgIpc) is 2.03. The molecular formula is C9H11BrClN. The molecule has 0 amide bonds. The third kappa shape index (κ3) is 2.47. The lowest BCUT2D eigenvalue weighted by atomic mass is 10.2. The summed E-state index contributed by atoms with van der Waals surface area (Å²) in [6.07, 6.45) is 0. The second-order valence-electron chi connectivity index (χ2n) is 2.85. The van der Waals surface area contributed by atoms with Crippen LogP contribution >= 0.6 is 27.5 Å². The number of hydrogen-bond donors (Lipinski definition) is 0. The van der Waals surface area contributed by atoms with E-state index in [1.165, 1.54) is 0 Å². The van der Waals surface area contributed by atoms with Crippen LogP contribution in [0.15, 0.2) is 28.7 Å². The minimum Gasteiger partial charge on any atom is -0.290 e. The lowest BCUT2D eigenvalue weighted by Crippen LogP contribution is -2.14. The smallest absolute Gasteiger partial charge is 0.110 e. The van der Waals surface area contributed by atoms with Crippen molar-refractivity contribution in [1.82, 2.24) is 4.90 Å². The van der Waals surface area contributed by atoms with Crippen molar-refractivity contribution >= 4 is 27.5 Å². The maximum Gasteiger partial charge on any atom is 0.110 e. The summed E-state index contributed by atoms with van der Waals surface area (Å²) in [7, 11) is 3.91. The van der Waals surface area contributed by atoms with Crippen LogP contribution in [-0.4, -0.2) is 19.0 Å². The zero-order valence-corrected chi connectivity index (χ0v) is 9.43. The van der Waals surface area contributed by atoms with Crippen LogP contribution < -0.4 is 0 Å². The number of rotatable bonds is 2. The lowest BCUT2D eigenvalue weighted by Gasteiger charge is -2.17. The van der Waals surface area contributed by atoms with Gasteiger partial charge < -0.3 is 0 Å². The van der Waals surface area contributed by atoms with E-state index >= 15 is 0 Å². The topological polar surface area (TPSA) is 3.24 Å². The summed E-state index contributed by atoms with van der Waals surface area (Å²) in [5.41, 5.74) is 1.05. The molecule has 1 aromatic carbocycles. The number of nitrogens with zero attached hydrogens (tertiary/aromatic N) is 1. The van der Waals surface area contributed by atoms with Crippen LogP contribution in [0.3, 0.4) is 0 Å². The van der Waals surface area contributed by atoms with E-state index in [4.69, 9.17) is 11.6 Å². The minimum absolute atomic E-state index is 0.0532. The van der Waals surface area contributed by atoms with Gasteiger partial charge >= 0.3 is 0 Å². The zero-order chi connectivity index (χ0) is 9.14. The summed E-state index contributed by atoms with van der Waals surface area (Å²) in [6, 6.07) is 8.02. The summed E-state index contributed by atoms with van der Waals surface area (Å²) in [4.78, 5) is 1.96. The molecule has 0 saturated heterocycles. The highest BCUT2D eigenvalue weighted by Crippen LogP contribution is 2.24. The Labute approximate surface area is 86.5 Å². The number of hydrogen-bond acceptors (Lipinski definition) is 1. The molecule has 0 fully saturated rings. The molecule has 1 nitrogen and oxygen atoms in total. The molecule has 0 saturated carbocycles. The predicted octanol–water partition coefficient (Wildman–Crippen LogP) is 3.25. The fraction of sp³-hybridized carbons (Fsp3) is 0.333. The molecule has 1 atom stereocenters. The first-order valence-electron chi connectivity index (χ1n) is 3.67. The minimum atomic E-state index is -0.0532. The molecular weight excluding hydrogens is 237 g/mol. The Morgan fingerprint density at radius 3 is 2.58 bits per heavy atom. The van der Waals surface area contributed by atoms with Crippen molar-refractivity contribution in [3.63, 3.8) is 0 Å². The Morgan fingerprint density at radius 1 is 1.42 bits per heavy atom. The highest BCUT2D eigenvalue weighted by atomic mass is 79.9. The van der Waals surface area contributed by atoms with E-state index in [1.54, 1.807) is 0 Å². The SMILES string of the molecule is CN(C)C(Cl)c1cccc(Br)c1. The molecule has 0 N–H and O–H groups in total. The van der Waals surface area contributed by atoms with E-state index < -0.39 is 0 Å². The van der Waals surface area contributed by atoms with Gasteiger partial charge in [0.05, 0.1) is 0 Å². The van der Waals surface area contributed by atoms with Gasteiger partial charge in [-0.25, -0.2) is 0 Å². The normalized spacial score (nSPS) is 13.4. The van der Waals surface area contributed by atoms with Crippen molar-refractivity contribution < 1.29 is 0 Å². The maximum atomic E-state index is 6.12. The van der Waals surface area contributed by atoms with Crippen molar-refractivity contribution in [3.05, 3.63) is 34.3 Å². The maximum absolute atomic E-state index is 6.12. The summed E-state index contributed by atoms with van der Waals surface area (Å²) in [6.45, 7) is 0. The highest BCUT2D eigenvalue weighted by molar-refractivity contribution is 9.10. The van der Waals surface area contributed by atoms with Crippen LogP contribution in [0, 0.1) is 0 Å². The third-order valence-electron chi connectivity index (χ3n) is 1.58.